The third-order valence-electron chi connectivity index (χ3n) is 5.07. The van der Waals surface area contributed by atoms with Gasteiger partial charge in [0, 0.05) is 30.2 Å². The lowest BCUT2D eigenvalue weighted by Gasteiger charge is -2.28. The highest BCUT2D eigenvalue weighted by Gasteiger charge is 2.22. The zero-order valence-electron chi connectivity index (χ0n) is 16.3. The number of hydrogen-bond acceptors (Lipinski definition) is 4. The maximum atomic E-state index is 12.8. The number of halogens is 1. The summed E-state index contributed by atoms with van der Waals surface area (Å²) in [5, 5.41) is 10.2. The van der Waals surface area contributed by atoms with Crippen LogP contribution in [0.15, 0.2) is 53.7 Å². The zero-order valence-corrected chi connectivity index (χ0v) is 17.9. The Morgan fingerprint density at radius 3 is 2.62 bits per heavy atom. The average molecular weight is 427 g/mol. The van der Waals surface area contributed by atoms with Gasteiger partial charge in [0.1, 0.15) is 0 Å². The van der Waals surface area contributed by atoms with Gasteiger partial charge in [-0.3, -0.25) is 4.79 Å². The lowest BCUT2D eigenvalue weighted by atomic mass is 10.00. The molecule has 1 amide bonds. The molecule has 7 heteroatoms. The normalized spacial score (nSPS) is 13.4. The maximum absolute atomic E-state index is 12.8. The number of rotatable bonds is 6. The van der Waals surface area contributed by atoms with E-state index in [1.165, 1.54) is 22.9 Å². The highest BCUT2D eigenvalue weighted by atomic mass is 35.5. The molecular weight excluding hydrogens is 404 g/mol. The molecule has 0 saturated heterocycles. The Morgan fingerprint density at radius 1 is 1.10 bits per heavy atom. The fourth-order valence-corrected chi connectivity index (χ4v) is 4.55. The van der Waals surface area contributed by atoms with Crippen LogP contribution in [0.1, 0.15) is 24.5 Å². The van der Waals surface area contributed by atoms with E-state index in [1.54, 1.807) is 0 Å². The summed E-state index contributed by atoms with van der Waals surface area (Å²) >= 11 is 7.47. The molecule has 1 aliphatic heterocycles. The molecule has 0 bridgehead atoms. The quantitative estimate of drug-likeness (QED) is 0.537. The molecule has 150 valence electrons. The number of fused-ring (bicyclic) bond motifs is 1. The monoisotopic (exact) mass is 426 g/mol. The van der Waals surface area contributed by atoms with Crippen LogP contribution >= 0.6 is 23.4 Å². The molecule has 0 radical (unpaired) electrons. The van der Waals surface area contributed by atoms with Gasteiger partial charge in [-0.1, -0.05) is 54.6 Å². The minimum absolute atomic E-state index is 0.142. The third-order valence-corrected chi connectivity index (χ3v) is 6.28. The van der Waals surface area contributed by atoms with E-state index < -0.39 is 0 Å². The molecule has 2 heterocycles. The van der Waals surface area contributed by atoms with E-state index in [0.29, 0.717) is 17.3 Å². The van der Waals surface area contributed by atoms with Crippen molar-refractivity contribution >= 4 is 29.3 Å². The van der Waals surface area contributed by atoms with E-state index in [2.05, 4.69) is 39.9 Å². The molecule has 1 aliphatic rings. The van der Waals surface area contributed by atoms with Crippen LogP contribution in [0.2, 0.25) is 5.02 Å². The number of carbonyl (C=O) groups excluding carboxylic acids is 1. The van der Waals surface area contributed by atoms with Crippen molar-refractivity contribution in [1.29, 1.82) is 0 Å². The number of hydrogen-bond donors (Lipinski definition) is 0. The molecule has 1 aromatic heterocycles. The summed E-state index contributed by atoms with van der Waals surface area (Å²) in [6.07, 6.45) is 1.88. The molecule has 4 rings (SSSR count). The zero-order chi connectivity index (χ0) is 20.2. The summed E-state index contributed by atoms with van der Waals surface area (Å²) < 4.78 is 2.09. The molecule has 0 atom stereocenters. The van der Waals surface area contributed by atoms with E-state index in [4.69, 9.17) is 11.6 Å². The van der Waals surface area contributed by atoms with E-state index in [-0.39, 0.29) is 5.91 Å². The molecule has 29 heavy (non-hydrogen) atoms. The van der Waals surface area contributed by atoms with E-state index in [0.717, 1.165) is 42.5 Å². The van der Waals surface area contributed by atoms with Crippen molar-refractivity contribution < 1.29 is 4.79 Å². The molecule has 0 fully saturated rings. The number of amides is 1. The van der Waals surface area contributed by atoms with E-state index in [1.807, 2.05) is 35.2 Å². The first-order chi connectivity index (χ1) is 14.2. The molecule has 0 spiro atoms. The second-order valence-corrected chi connectivity index (χ2v) is 8.47. The highest BCUT2D eigenvalue weighted by molar-refractivity contribution is 7.99. The fraction of sp³-hybridized carbons (Fsp3) is 0.318. The predicted octanol–water partition coefficient (Wildman–Crippen LogP) is 4.69. The minimum Gasteiger partial charge on any atom is -0.337 e. The topological polar surface area (TPSA) is 51.0 Å². The van der Waals surface area contributed by atoms with Crippen LogP contribution in [-0.2, 0) is 24.3 Å². The molecule has 2 aromatic carbocycles. The van der Waals surface area contributed by atoms with Crippen LogP contribution in [0.5, 0.6) is 0 Å². The van der Waals surface area contributed by atoms with Crippen molar-refractivity contribution in [3.05, 3.63) is 64.7 Å². The fourth-order valence-electron chi connectivity index (χ4n) is 3.56. The van der Waals surface area contributed by atoms with Gasteiger partial charge in [0.25, 0.3) is 0 Å². The Morgan fingerprint density at radius 2 is 1.86 bits per heavy atom. The van der Waals surface area contributed by atoms with Crippen molar-refractivity contribution in [2.24, 2.45) is 0 Å². The van der Waals surface area contributed by atoms with Gasteiger partial charge in [-0.15, -0.1) is 10.2 Å². The van der Waals surface area contributed by atoms with Crippen LogP contribution < -0.4 is 0 Å². The third kappa shape index (κ3) is 4.49. The number of thioether (sulfide) groups is 1. The van der Waals surface area contributed by atoms with Crippen LogP contribution in [0.3, 0.4) is 0 Å². The largest absolute Gasteiger partial charge is 0.337 e. The van der Waals surface area contributed by atoms with Gasteiger partial charge in [-0.25, -0.2) is 0 Å². The van der Waals surface area contributed by atoms with Crippen LogP contribution in [0.4, 0.5) is 0 Å². The van der Waals surface area contributed by atoms with E-state index in [9.17, 15) is 4.79 Å². The summed E-state index contributed by atoms with van der Waals surface area (Å²) in [5.74, 6) is 1.32. The van der Waals surface area contributed by atoms with Gasteiger partial charge >= 0.3 is 0 Å². The van der Waals surface area contributed by atoms with Crippen molar-refractivity contribution in [1.82, 2.24) is 19.7 Å². The first-order valence-corrected chi connectivity index (χ1v) is 11.2. The van der Waals surface area contributed by atoms with Gasteiger partial charge in [0.2, 0.25) is 5.91 Å². The Labute approximate surface area is 180 Å². The highest BCUT2D eigenvalue weighted by Crippen LogP contribution is 2.26. The standard InChI is InChI=1S/C22H23ClN4OS/c1-2-12-27-21(17-7-9-19(23)10-8-17)24-25-22(27)29-15-20(28)26-13-11-16-5-3-4-6-18(16)14-26/h3-10H,2,11-15H2,1H3. The summed E-state index contributed by atoms with van der Waals surface area (Å²) in [6, 6.07) is 16.0. The molecule has 0 saturated carbocycles. The van der Waals surface area contributed by atoms with Gasteiger partial charge < -0.3 is 9.47 Å². The molecule has 0 N–H and O–H groups in total. The van der Waals surface area contributed by atoms with Crippen LogP contribution in [0.25, 0.3) is 11.4 Å². The summed E-state index contributed by atoms with van der Waals surface area (Å²) in [5.41, 5.74) is 3.57. The second-order valence-electron chi connectivity index (χ2n) is 7.09. The number of aromatic nitrogens is 3. The minimum atomic E-state index is 0.142. The van der Waals surface area contributed by atoms with Crippen LogP contribution in [-0.4, -0.2) is 37.9 Å². The van der Waals surface area contributed by atoms with Crippen molar-refractivity contribution in [2.75, 3.05) is 12.3 Å². The molecular formula is C22H23ClN4OS. The SMILES string of the molecule is CCCn1c(SCC(=O)N2CCc3ccccc3C2)nnc1-c1ccc(Cl)cc1. The summed E-state index contributed by atoms with van der Waals surface area (Å²) in [6.45, 7) is 4.39. The number of carbonyl (C=O) groups is 1. The number of nitrogens with zero attached hydrogens (tertiary/aromatic N) is 4. The summed E-state index contributed by atoms with van der Waals surface area (Å²) in [4.78, 5) is 14.7. The molecule has 0 aliphatic carbocycles. The Bertz CT molecular complexity index is 1000. The first-order valence-electron chi connectivity index (χ1n) is 9.82. The second kappa shape index (κ2) is 9.01. The van der Waals surface area contributed by atoms with Gasteiger partial charge in [0.05, 0.1) is 5.75 Å². The smallest absolute Gasteiger partial charge is 0.233 e. The molecule has 3 aromatic rings. The van der Waals surface area contributed by atoms with Crippen molar-refractivity contribution in [3.63, 3.8) is 0 Å². The Balaban J connectivity index is 1.45. The van der Waals surface area contributed by atoms with Gasteiger partial charge in [-0.05, 0) is 48.2 Å². The van der Waals surface area contributed by atoms with E-state index >= 15 is 0 Å². The first kappa shape index (κ1) is 20.0. The summed E-state index contributed by atoms with van der Waals surface area (Å²) in [7, 11) is 0. The maximum Gasteiger partial charge on any atom is 0.233 e. The average Bonchev–Trinajstić information content (AvgIpc) is 3.15. The van der Waals surface area contributed by atoms with Gasteiger partial charge in [0.15, 0.2) is 11.0 Å². The number of benzene rings is 2. The molecule has 0 unspecified atom stereocenters. The van der Waals surface area contributed by atoms with Gasteiger partial charge in [-0.2, -0.15) is 0 Å². The lowest BCUT2D eigenvalue weighted by molar-refractivity contribution is -0.129. The Hall–Kier alpha value is -2.31. The Kier molecular flexibility index (Phi) is 6.21. The lowest BCUT2D eigenvalue weighted by Crippen LogP contribution is -2.37. The van der Waals surface area contributed by atoms with Crippen molar-refractivity contribution in [3.8, 4) is 11.4 Å². The van der Waals surface area contributed by atoms with Crippen molar-refractivity contribution in [2.45, 2.75) is 38.0 Å². The predicted molar refractivity (Wildman–Crippen MR) is 117 cm³/mol. The molecule has 5 nitrogen and oxygen atoms in total. The van der Waals surface area contributed by atoms with Crippen LogP contribution in [0, 0.1) is 0 Å².